The van der Waals surface area contributed by atoms with Crippen molar-refractivity contribution in [2.45, 2.75) is 13.3 Å². The van der Waals surface area contributed by atoms with Gasteiger partial charge in [0.2, 0.25) is 0 Å². The van der Waals surface area contributed by atoms with Crippen LogP contribution in [0.25, 0.3) is 0 Å². The first-order valence-corrected chi connectivity index (χ1v) is 8.70. The lowest BCUT2D eigenvalue weighted by atomic mass is 10.1. The number of nitrogens with zero attached hydrogens (tertiary/aromatic N) is 1. The molecule has 0 unspecified atom stereocenters. The van der Waals surface area contributed by atoms with Crippen LogP contribution in [-0.2, 0) is 6.42 Å². The molecular formula is C18H19BrN2OS. The van der Waals surface area contributed by atoms with Gasteiger partial charge in [0, 0.05) is 23.1 Å². The highest BCUT2D eigenvalue weighted by atomic mass is 79.9. The molecule has 1 amide bonds. The molecule has 1 N–H and O–H groups in total. The van der Waals surface area contributed by atoms with Crippen LogP contribution < -0.4 is 5.32 Å². The number of amides is 1. The van der Waals surface area contributed by atoms with E-state index in [1.54, 1.807) is 12.1 Å². The smallest absolute Gasteiger partial charge is 0.257 e. The molecule has 3 nitrogen and oxygen atoms in total. The monoisotopic (exact) mass is 390 g/mol. The fraction of sp³-hybridized carbons (Fsp3) is 0.222. The highest BCUT2D eigenvalue weighted by Crippen LogP contribution is 2.11. The van der Waals surface area contributed by atoms with Gasteiger partial charge in [-0.05, 0) is 49.3 Å². The number of benzene rings is 2. The zero-order chi connectivity index (χ0) is 16.7. The zero-order valence-corrected chi connectivity index (χ0v) is 15.4. The Morgan fingerprint density at radius 3 is 2.57 bits per heavy atom. The first-order valence-electron chi connectivity index (χ1n) is 7.50. The molecule has 0 spiro atoms. The summed E-state index contributed by atoms with van der Waals surface area (Å²) in [5, 5.41) is 3.27. The Hall–Kier alpha value is -1.72. The predicted molar refractivity (Wildman–Crippen MR) is 102 cm³/mol. The molecule has 23 heavy (non-hydrogen) atoms. The first kappa shape index (κ1) is 17.6. The van der Waals surface area contributed by atoms with Gasteiger partial charge < -0.3 is 4.90 Å². The molecule has 0 saturated carbocycles. The maximum absolute atomic E-state index is 12.3. The number of hydrogen-bond acceptors (Lipinski definition) is 2. The standard InChI is InChI=1S/C18H19BrN2OS/c1-2-21(12-11-14-7-4-3-5-8-14)18(23)20-17(22)15-9-6-10-16(19)13-15/h3-10,13H,2,11-12H2,1H3,(H,20,22,23). The third kappa shape index (κ3) is 5.44. The number of thiocarbonyl (C=S) groups is 1. The summed E-state index contributed by atoms with van der Waals surface area (Å²) in [6.07, 6.45) is 0.890. The first-order chi connectivity index (χ1) is 11.1. The van der Waals surface area contributed by atoms with Crippen LogP contribution in [-0.4, -0.2) is 29.0 Å². The van der Waals surface area contributed by atoms with Crippen LogP contribution in [0.1, 0.15) is 22.8 Å². The lowest BCUT2D eigenvalue weighted by Gasteiger charge is -2.23. The van der Waals surface area contributed by atoms with Gasteiger partial charge in [0.15, 0.2) is 5.11 Å². The van der Waals surface area contributed by atoms with E-state index in [2.05, 4.69) is 33.4 Å². The van der Waals surface area contributed by atoms with E-state index in [0.717, 1.165) is 24.0 Å². The van der Waals surface area contributed by atoms with E-state index in [1.807, 2.05) is 42.2 Å². The van der Waals surface area contributed by atoms with E-state index in [0.29, 0.717) is 10.7 Å². The normalized spacial score (nSPS) is 10.2. The third-order valence-corrected chi connectivity index (χ3v) is 4.34. The maximum atomic E-state index is 12.3. The minimum Gasteiger partial charge on any atom is -0.349 e. The summed E-state index contributed by atoms with van der Waals surface area (Å²) in [6, 6.07) is 17.5. The summed E-state index contributed by atoms with van der Waals surface area (Å²) in [7, 11) is 0. The summed E-state index contributed by atoms with van der Waals surface area (Å²) in [6.45, 7) is 3.56. The van der Waals surface area contributed by atoms with Gasteiger partial charge in [0.25, 0.3) is 5.91 Å². The van der Waals surface area contributed by atoms with Crippen LogP contribution in [0.3, 0.4) is 0 Å². The molecule has 0 aliphatic carbocycles. The van der Waals surface area contributed by atoms with Crippen molar-refractivity contribution < 1.29 is 4.79 Å². The molecule has 2 aromatic rings. The number of carbonyl (C=O) groups is 1. The number of carbonyl (C=O) groups excluding carboxylic acids is 1. The summed E-state index contributed by atoms with van der Waals surface area (Å²) in [4.78, 5) is 14.3. The average Bonchev–Trinajstić information content (AvgIpc) is 2.56. The molecule has 0 fully saturated rings. The quantitative estimate of drug-likeness (QED) is 0.782. The van der Waals surface area contributed by atoms with E-state index >= 15 is 0 Å². The van der Waals surface area contributed by atoms with Crippen molar-refractivity contribution in [3.63, 3.8) is 0 Å². The highest BCUT2D eigenvalue weighted by molar-refractivity contribution is 9.10. The van der Waals surface area contributed by atoms with Crippen molar-refractivity contribution >= 4 is 39.2 Å². The van der Waals surface area contributed by atoms with Crippen LogP contribution in [0.5, 0.6) is 0 Å². The molecule has 0 aliphatic heterocycles. The lowest BCUT2D eigenvalue weighted by molar-refractivity contribution is 0.0973. The minimum atomic E-state index is -0.186. The van der Waals surface area contributed by atoms with Crippen LogP contribution in [0.4, 0.5) is 0 Å². The minimum absolute atomic E-state index is 0.186. The molecular weight excluding hydrogens is 372 g/mol. The molecule has 0 bridgehead atoms. The summed E-state index contributed by atoms with van der Waals surface area (Å²) in [5.74, 6) is -0.186. The topological polar surface area (TPSA) is 32.3 Å². The SMILES string of the molecule is CCN(CCc1ccccc1)C(=S)NC(=O)c1cccc(Br)c1. The van der Waals surface area contributed by atoms with Crippen LogP contribution in [0, 0.1) is 0 Å². The Balaban J connectivity index is 1.93. The number of halogens is 1. The molecule has 2 aromatic carbocycles. The second kappa shape index (κ2) is 8.79. The second-order valence-electron chi connectivity index (χ2n) is 5.08. The highest BCUT2D eigenvalue weighted by Gasteiger charge is 2.13. The molecule has 120 valence electrons. The maximum Gasteiger partial charge on any atom is 0.257 e. The van der Waals surface area contributed by atoms with Gasteiger partial charge in [-0.3, -0.25) is 10.1 Å². The molecule has 0 heterocycles. The lowest BCUT2D eigenvalue weighted by Crippen LogP contribution is -2.43. The van der Waals surface area contributed by atoms with Crippen molar-refractivity contribution in [3.05, 3.63) is 70.2 Å². The molecule has 2 rings (SSSR count). The van der Waals surface area contributed by atoms with E-state index in [-0.39, 0.29) is 5.91 Å². The molecule has 0 aliphatic rings. The third-order valence-electron chi connectivity index (χ3n) is 3.49. The second-order valence-corrected chi connectivity index (χ2v) is 6.39. The summed E-state index contributed by atoms with van der Waals surface area (Å²) < 4.78 is 0.868. The van der Waals surface area contributed by atoms with E-state index in [1.165, 1.54) is 5.56 Å². The van der Waals surface area contributed by atoms with Crippen LogP contribution in [0.15, 0.2) is 59.1 Å². The van der Waals surface area contributed by atoms with Gasteiger partial charge in [0.1, 0.15) is 0 Å². The average molecular weight is 391 g/mol. The number of likely N-dealkylation sites (N-methyl/N-ethyl adjacent to an activating group) is 1. The Labute approximate surface area is 150 Å². The van der Waals surface area contributed by atoms with Crippen molar-refractivity contribution in [1.29, 1.82) is 0 Å². The Morgan fingerprint density at radius 2 is 1.91 bits per heavy atom. The van der Waals surface area contributed by atoms with Gasteiger partial charge in [-0.2, -0.15) is 0 Å². The Morgan fingerprint density at radius 1 is 1.17 bits per heavy atom. The van der Waals surface area contributed by atoms with Crippen molar-refractivity contribution in [1.82, 2.24) is 10.2 Å². The number of rotatable bonds is 5. The van der Waals surface area contributed by atoms with Crippen molar-refractivity contribution in [3.8, 4) is 0 Å². The molecule has 0 saturated heterocycles. The Bertz CT molecular complexity index is 676. The molecule has 0 atom stereocenters. The van der Waals surface area contributed by atoms with E-state index in [9.17, 15) is 4.79 Å². The van der Waals surface area contributed by atoms with E-state index < -0.39 is 0 Å². The van der Waals surface area contributed by atoms with Crippen LogP contribution in [0.2, 0.25) is 0 Å². The molecule has 0 radical (unpaired) electrons. The van der Waals surface area contributed by atoms with Crippen molar-refractivity contribution in [2.75, 3.05) is 13.1 Å². The number of hydrogen-bond donors (Lipinski definition) is 1. The fourth-order valence-corrected chi connectivity index (χ4v) is 2.90. The number of nitrogens with one attached hydrogen (secondary N) is 1. The van der Waals surface area contributed by atoms with E-state index in [4.69, 9.17) is 12.2 Å². The van der Waals surface area contributed by atoms with Gasteiger partial charge >= 0.3 is 0 Å². The van der Waals surface area contributed by atoms with Crippen LogP contribution >= 0.6 is 28.1 Å². The summed E-state index contributed by atoms with van der Waals surface area (Å²) in [5.41, 5.74) is 1.84. The molecule has 0 aromatic heterocycles. The molecule has 5 heteroatoms. The Kier molecular flexibility index (Phi) is 6.74. The summed E-state index contributed by atoms with van der Waals surface area (Å²) >= 11 is 8.75. The van der Waals surface area contributed by atoms with Gasteiger partial charge in [-0.25, -0.2) is 0 Å². The fourth-order valence-electron chi connectivity index (χ4n) is 2.19. The predicted octanol–water partition coefficient (Wildman–Crippen LogP) is 4.03. The largest absolute Gasteiger partial charge is 0.349 e. The van der Waals surface area contributed by atoms with Gasteiger partial charge in [-0.15, -0.1) is 0 Å². The van der Waals surface area contributed by atoms with Gasteiger partial charge in [0.05, 0.1) is 0 Å². The van der Waals surface area contributed by atoms with Crippen molar-refractivity contribution in [2.24, 2.45) is 0 Å². The zero-order valence-electron chi connectivity index (χ0n) is 13.0. The van der Waals surface area contributed by atoms with Gasteiger partial charge in [-0.1, -0.05) is 52.3 Å².